The highest BCUT2D eigenvalue weighted by Crippen LogP contribution is 2.33. The summed E-state index contributed by atoms with van der Waals surface area (Å²) in [6, 6.07) is 11.6. The molecule has 1 aliphatic heterocycles. The molecule has 0 radical (unpaired) electrons. The molecule has 2 heterocycles. The number of nitrogens with zero attached hydrogens (tertiary/aromatic N) is 3. The first kappa shape index (κ1) is 19.7. The van der Waals surface area contributed by atoms with Crippen LogP contribution in [0.15, 0.2) is 48.7 Å². The van der Waals surface area contributed by atoms with Crippen molar-refractivity contribution in [2.45, 2.75) is 6.42 Å². The van der Waals surface area contributed by atoms with Gasteiger partial charge in [-0.1, -0.05) is 6.07 Å². The van der Waals surface area contributed by atoms with Crippen molar-refractivity contribution in [1.29, 1.82) is 0 Å². The van der Waals surface area contributed by atoms with Crippen molar-refractivity contribution in [3.05, 3.63) is 60.0 Å². The van der Waals surface area contributed by atoms with Gasteiger partial charge in [0.15, 0.2) is 0 Å². The van der Waals surface area contributed by atoms with Gasteiger partial charge in [0.25, 0.3) is 0 Å². The van der Waals surface area contributed by atoms with Crippen LogP contribution >= 0.6 is 0 Å². The van der Waals surface area contributed by atoms with Gasteiger partial charge in [-0.3, -0.25) is 10.00 Å². The maximum atomic E-state index is 13.5. The fourth-order valence-corrected chi connectivity index (χ4v) is 3.40. The molecular weight excluding hydrogens is 389 g/mol. The molecule has 0 saturated carbocycles. The van der Waals surface area contributed by atoms with Crippen LogP contribution in [-0.2, 0) is 18.3 Å². The zero-order chi connectivity index (χ0) is 21.1. The van der Waals surface area contributed by atoms with E-state index < -0.39 is 6.09 Å². The number of amides is 1. The third-order valence-electron chi connectivity index (χ3n) is 4.79. The van der Waals surface area contributed by atoms with E-state index in [0.717, 1.165) is 16.8 Å². The normalized spacial score (nSPS) is 12.6. The highest BCUT2D eigenvalue weighted by atomic mass is 19.1. The largest absolute Gasteiger partial charge is 0.492 e. The molecule has 30 heavy (non-hydrogen) atoms. The Morgan fingerprint density at radius 3 is 2.90 bits per heavy atom. The van der Waals surface area contributed by atoms with E-state index in [1.807, 2.05) is 13.1 Å². The highest BCUT2D eigenvalue weighted by molar-refractivity contribution is 5.87. The molecule has 0 aliphatic carbocycles. The van der Waals surface area contributed by atoms with Gasteiger partial charge in [0.1, 0.15) is 18.2 Å². The zero-order valence-corrected chi connectivity index (χ0v) is 16.5. The predicted octanol–water partition coefficient (Wildman–Crippen LogP) is 3.09. The molecule has 0 unspecified atom stereocenters. The number of halogens is 1. The quantitative estimate of drug-likeness (QED) is 0.647. The minimum Gasteiger partial charge on any atom is -0.492 e. The zero-order valence-electron chi connectivity index (χ0n) is 16.5. The first-order valence-corrected chi connectivity index (χ1v) is 9.55. The molecule has 0 atom stereocenters. The van der Waals surface area contributed by atoms with E-state index in [1.54, 1.807) is 35.1 Å². The summed E-state index contributed by atoms with van der Waals surface area (Å²) in [4.78, 5) is 17.8. The first-order valence-electron chi connectivity index (χ1n) is 9.55. The summed E-state index contributed by atoms with van der Waals surface area (Å²) in [5.41, 5.74) is 9.15. The van der Waals surface area contributed by atoms with Gasteiger partial charge in [0.05, 0.1) is 17.9 Å². The molecule has 0 bridgehead atoms. The Kier molecular flexibility index (Phi) is 5.53. The van der Waals surface area contributed by atoms with Gasteiger partial charge in [-0.2, -0.15) is 5.10 Å². The summed E-state index contributed by atoms with van der Waals surface area (Å²) in [5.74, 6) is 0.255. The predicted molar refractivity (Wildman–Crippen MR) is 111 cm³/mol. The van der Waals surface area contributed by atoms with Gasteiger partial charge in [0.2, 0.25) is 0 Å². The number of ether oxygens (including phenoxy) is 1. The van der Waals surface area contributed by atoms with E-state index in [-0.39, 0.29) is 5.82 Å². The van der Waals surface area contributed by atoms with Gasteiger partial charge in [-0.15, -0.1) is 0 Å². The number of carbonyl (C=O) groups is 1. The number of fused-ring (bicyclic) bond motifs is 1. The van der Waals surface area contributed by atoms with Crippen molar-refractivity contribution >= 4 is 17.5 Å². The SMILES string of the molecule is Cn1nccc1-c1cc(NC(=O)ON2CCc3ccc(F)cc32)ccc1OCCN. The number of aromatic nitrogens is 2. The van der Waals surface area contributed by atoms with Gasteiger partial charge >= 0.3 is 6.09 Å². The Hall–Kier alpha value is -3.59. The van der Waals surface area contributed by atoms with Crippen LogP contribution in [0.3, 0.4) is 0 Å². The lowest BCUT2D eigenvalue weighted by Gasteiger charge is -2.19. The Morgan fingerprint density at radius 1 is 1.27 bits per heavy atom. The summed E-state index contributed by atoms with van der Waals surface area (Å²) >= 11 is 0. The molecule has 8 nitrogen and oxygen atoms in total. The lowest BCUT2D eigenvalue weighted by atomic mass is 10.1. The molecule has 4 rings (SSSR count). The Labute approximate surface area is 172 Å². The molecule has 1 amide bonds. The third kappa shape index (κ3) is 4.06. The van der Waals surface area contributed by atoms with Crippen molar-refractivity contribution in [2.75, 3.05) is 30.1 Å². The molecule has 2 aromatic carbocycles. The number of benzene rings is 2. The van der Waals surface area contributed by atoms with E-state index >= 15 is 0 Å². The molecule has 3 aromatic rings. The van der Waals surface area contributed by atoms with E-state index in [0.29, 0.717) is 43.2 Å². The minimum absolute atomic E-state index is 0.366. The van der Waals surface area contributed by atoms with Crippen LogP contribution in [0.2, 0.25) is 0 Å². The maximum absolute atomic E-state index is 13.5. The van der Waals surface area contributed by atoms with Crippen LogP contribution in [0.1, 0.15) is 5.56 Å². The first-order chi connectivity index (χ1) is 14.5. The van der Waals surface area contributed by atoms with Crippen molar-refractivity contribution in [3.63, 3.8) is 0 Å². The second-order valence-corrected chi connectivity index (χ2v) is 6.82. The fourth-order valence-electron chi connectivity index (χ4n) is 3.40. The average Bonchev–Trinajstić information content (AvgIpc) is 3.33. The standard InChI is InChI=1S/C21H22FN5O3/c1-26-18(6-9-24-26)17-13-16(4-5-20(17)29-11-8-23)25-21(28)30-27-10-7-14-2-3-15(22)12-19(14)27/h2-6,9,12-13H,7-8,10-11,23H2,1H3,(H,25,28). The smallest absolute Gasteiger partial charge is 0.436 e. The Morgan fingerprint density at radius 2 is 2.13 bits per heavy atom. The summed E-state index contributed by atoms with van der Waals surface area (Å²) in [5, 5.41) is 8.30. The molecule has 1 aromatic heterocycles. The summed E-state index contributed by atoms with van der Waals surface area (Å²) in [6.45, 7) is 1.22. The van der Waals surface area contributed by atoms with Crippen molar-refractivity contribution in [3.8, 4) is 17.0 Å². The molecule has 156 valence electrons. The van der Waals surface area contributed by atoms with E-state index in [1.165, 1.54) is 17.2 Å². The summed E-state index contributed by atoms with van der Waals surface area (Å²) in [7, 11) is 1.82. The molecule has 0 spiro atoms. The second-order valence-electron chi connectivity index (χ2n) is 6.82. The monoisotopic (exact) mass is 411 g/mol. The molecule has 0 saturated heterocycles. The lowest BCUT2D eigenvalue weighted by Crippen LogP contribution is -2.28. The van der Waals surface area contributed by atoms with Crippen LogP contribution in [0, 0.1) is 5.82 Å². The van der Waals surface area contributed by atoms with Crippen LogP contribution in [-0.4, -0.2) is 35.6 Å². The maximum Gasteiger partial charge on any atom is 0.436 e. The van der Waals surface area contributed by atoms with Crippen molar-refractivity contribution in [1.82, 2.24) is 9.78 Å². The number of hydroxylamine groups is 1. The highest BCUT2D eigenvalue weighted by Gasteiger charge is 2.23. The van der Waals surface area contributed by atoms with E-state index in [4.69, 9.17) is 15.3 Å². The number of carbonyl (C=O) groups excluding carboxylic acids is 1. The molecular formula is C21H22FN5O3. The lowest BCUT2D eigenvalue weighted by molar-refractivity contribution is 0.150. The Balaban J connectivity index is 1.52. The van der Waals surface area contributed by atoms with Gasteiger partial charge < -0.3 is 15.3 Å². The average molecular weight is 411 g/mol. The molecule has 9 heteroatoms. The van der Waals surface area contributed by atoms with Crippen LogP contribution < -0.4 is 20.9 Å². The number of anilines is 2. The van der Waals surface area contributed by atoms with E-state index in [9.17, 15) is 9.18 Å². The Bertz CT molecular complexity index is 1070. The van der Waals surface area contributed by atoms with Crippen molar-refractivity contribution < 1.29 is 18.8 Å². The van der Waals surface area contributed by atoms with Crippen LogP contribution in [0.4, 0.5) is 20.6 Å². The van der Waals surface area contributed by atoms with Gasteiger partial charge in [-0.25, -0.2) is 14.2 Å². The summed E-state index contributed by atoms with van der Waals surface area (Å²) < 4.78 is 21.0. The van der Waals surface area contributed by atoms with Crippen molar-refractivity contribution in [2.24, 2.45) is 12.8 Å². The molecule has 1 aliphatic rings. The third-order valence-corrected chi connectivity index (χ3v) is 4.79. The number of nitrogens with one attached hydrogen (secondary N) is 1. The van der Waals surface area contributed by atoms with Gasteiger partial charge in [0, 0.05) is 37.1 Å². The second kappa shape index (κ2) is 8.42. The molecule has 3 N–H and O–H groups in total. The minimum atomic E-state index is -0.668. The number of hydrogen-bond donors (Lipinski definition) is 2. The van der Waals surface area contributed by atoms with Gasteiger partial charge in [-0.05, 0) is 42.3 Å². The van der Waals surface area contributed by atoms with E-state index in [2.05, 4.69) is 10.4 Å². The van der Waals surface area contributed by atoms with Crippen LogP contribution in [0.25, 0.3) is 11.3 Å². The number of rotatable bonds is 6. The topological polar surface area (TPSA) is 94.6 Å². The van der Waals surface area contributed by atoms with Crippen LogP contribution in [0.5, 0.6) is 5.75 Å². The number of hydrogen-bond acceptors (Lipinski definition) is 6. The molecule has 0 fully saturated rings. The number of aryl methyl sites for hydroxylation is 1. The number of nitrogens with two attached hydrogens (primary N) is 1. The summed E-state index contributed by atoms with van der Waals surface area (Å²) in [6.07, 6.45) is 1.69. The fraction of sp³-hybridized carbons (Fsp3) is 0.238.